The summed E-state index contributed by atoms with van der Waals surface area (Å²) in [6.07, 6.45) is 2.81. The Balaban J connectivity index is 3.27. The smallest absolute Gasteiger partial charge is 0.0615 e. The lowest BCUT2D eigenvalue weighted by molar-refractivity contribution is 0.160. The highest BCUT2D eigenvalue weighted by molar-refractivity contribution is 4.63. The predicted molar refractivity (Wildman–Crippen MR) is 54.9 cm³/mol. The van der Waals surface area contributed by atoms with E-state index < -0.39 is 0 Å². The van der Waals surface area contributed by atoms with Crippen LogP contribution in [0.25, 0.3) is 0 Å². The number of aliphatic hydroxyl groups is 1. The Labute approximate surface area is 81.5 Å². The molecule has 0 aliphatic carbocycles. The molecule has 0 saturated heterocycles. The number of rotatable bonds is 8. The van der Waals surface area contributed by atoms with Crippen molar-refractivity contribution in [3.05, 3.63) is 0 Å². The summed E-state index contributed by atoms with van der Waals surface area (Å²) in [5.41, 5.74) is 0. The standard InChI is InChI=1S/C10H23NO2/c1-4-10(8-13-3)11-7-5-6-9(2)12/h9-12H,4-8H2,1-3H3. The molecule has 0 aliphatic heterocycles. The molecule has 0 aromatic rings. The quantitative estimate of drug-likeness (QED) is 0.563. The second-order valence-corrected chi connectivity index (χ2v) is 3.51. The zero-order valence-corrected chi connectivity index (χ0v) is 9.05. The predicted octanol–water partition coefficient (Wildman–Crippen LogP) is 1.16. The third-order valence-electron chi connectivity index (χ3n) is 2.09. The highest BCUT2D eigenvalue weighted by Gasteiger charge is 2.03. The summed E-state index contributed by atoms with van der Waals surface area (Å²) >= 11 is 0. The Kier molecular flexibility index (Phi) is 8.40. The van der Waals surface area contributed by atoms with Crippen LogP contribution in [0.15, 0.2) is 0 Å². The van der Waals surface area contributed by atoms with Gasteiger partial charge in [-0.1, -0.05) is 6.92 Å². The van der Waals surface area contributed by atoms with Gasteiger partial charge in [0.15, 0.2) is 0 Å². The molecule has 2 unspecified atom stereocenters. The maximum atomic E-state index is 9.03. The molecule has 0 heterocycles. The van der Waals surface area contributed by atoms with Gasteiger partial charge in [0, 0.05) is 13.2 Å². The average molecular weight is 189 g/mol. The van der Waals surface area contributed by atoms with Crippen LogP contribution in [0, 0.1) is 0 Å². The van der Waals surface area contributed by atoms with Gasteiger partial charge in [-0.3, -0.25) is 0 Å². The topological polar surface area (TPSA) is 41.5 Å². The number of nitrogens with one attached hydrogen (secondary N) is 1. The summed E-state index contributed by atoms with van der Waals surface area (Å²) < 4.78 is 5.06. The molecule has 0 spiro atoms. The Bertz CT molecular complexity index is 107. The molecular weight excluding hydrogens is 166 g/mol. The highest BCUT2D eigenvalue weighted by atomic mass is 16.5. The van der Waals surface area contributed by atoms with Crippen LogP contribution in [0.2, 0.25) is 0 Å². The molecule has 0 radical (unpaired) electrons. The normalized spacial score (nSPS) is 15.7. The molecule has 0 amide bonds. The van der Waals surface area contributed by atoms with Crippen LogP contribution in [-0.2, 0) is 4.74 Å². The molecule has 0 aromatic heterocycles. The van der Waals surface area contributed by atoms with Crippen molar-refractivity contribution in [3.63, 3.8) is 0 Å². The second kappa shape index (κ2) is 8.48. The number of hydrogen-bond acceptors (Lipinski definition) is 3. The molecule has 0 aromatic carbocycles. The Morgan fingerprint density at radius 2 is 2.15 bits per heavy atom. The third-order valence-corrected chi connectivity index (χ3v) is 2.09. The Morgan fingerprint density at radius 1 is 1.46 bits per heavy atom. The van der Waals surface area contributed by atoms with Crippen molar-refractivity contribution in [1.29, 1.82) is 0 Å². The lowest BCUT2D eigenvalue weighted by Gasteiger charge is -2.15. The van der Waals surface area contributed by atoms with E-state index in [0.29, 0.717) is 6.04 Å². The van der Waals surface area contributed by atoms with Gasteiger partial charge in [0.1, 0.15) is 0 Å². The molecule has 0 bridgehead atoms. The van der Waals surface area contributed by atoms with Gasteiger partial charge < -0.3 is 15.2 Å². The summed E-state index contributed by atoms with van der Waals surface area (Å²) in [7, 11) is 1.72. The first kappa shape index (κ1) is 12.9. The van der Waals surface area contributed by atoms with Crippen LogP contribution in [0.4, 0.5) is 0 Å². The number of methoxy groups -OCH3 is 1. The molecule has 0 aliphatic rings. The maximum Gasteiger partial charge on any atom is 0.0615 e. The lowest BCUT2D eigenvalue weighted by atomic mass is 10.2. The van der Waals surface area contributed by atoms with Crippen LogP contribution < -0.4 is 5.32 Å². The zero-order chi connectivity index (χ0) is 10.1. The van der Waals surface area contributed by atoms with Gasteiger partial charge in [-0.05, 0) is 32.7 Å². The summed E-state index contributed by atoms with van der Waals surface area (Å²) in [6.45, 7) is 5.70. The molecule has 3 heteroatoms. The van der Waals surface area contributed by atoms with Gasteiger partial charge >= 0.3 is 0 Å². The molecule has 80 valence electrons. The minimum atomic E-state index is -0.177. The first-order valence-corrected chi connectivity index (χ1v) is 5.11. The molecule has 0 fully saturated rings. The monoisotopic (exact) mass is 189 g/mol. The van der Waals surface area contributed by atoms with Crippen molar-refractivity contribution in [2.75, 3.05) is 20.3 Å². The Morgan fingerprint density at radius 3 is 2.62 bits per heavy atom. The maximum absolute atomic E-state index is 9.03. The highest BCUT2D eigenvalue weighted by Crippen LogP contribution is 1.96. The van der Waals surface area contributed by atoms with Crippen LogP contribution in [0.5, 0.6) is 0 Å². The van der Waals surface area contributed by atoms with Crippen molar-refractivity contribution in [1.82, 2.24) is 5.32 Å². The van der Waals surface area contributed by atoms with Crippen molar-refractivity contribution in [2.45, 2.75) is 45.3 Å². The van der Waals surface area contributed by atoms with Crippen molar-refractivity contribution < 1.29 is 9.84 Å². The van der Waals surface area contributed by atoms with Gasteiger partial charge in [-0.25, -0.2) is 0 Å². The second-order valence-electron chi connectivity index (χ2n) is 3.51. The molecule has 13 heavy (non-hydrogen) atoms. The SMILES string of the molecule is CCC(COC)NCCCC(C)O. The van der Waals surface area contributed by atoms with E-state index in [1.165, 1.54) is 0 Å². The van der Waals surface area contributed by atoms with Crippen LogP contribution in [0.3, 0.4) is 0 Å². The first-order valence-electron chi connectivity index (χ1n) is 5.11. The minimum absolute atomic E-state index is 0.177. The fourth-order valence-electron chi connectivity index (χ4n) is 1.23. The first-order chi connectivity index (χ1) is 6.20. The fourth-order valence-corrected chi connectivity index (χ4v) is 1.23. The number of aliphatic hydroxyl groups excluding tert-OH is 1. The molecule has 0 saturated carbocycles. The van der Waals surface area contributed by atoms with Crippen LogP contribution in [0.1, 0.15) is 33.1 Å². The fraction of sp³-hybridized carbons (Fsp3) is 1.00. The van der Waals surface area contributed by atoms with E-state index in [4.69, 9.17) is 9.84 Å². The van der Waals surface area contributed by atoms with E-state index in [1.54, 1.807) is 7.11 Å². The third kappa shape index (κ3) is 8.22. The molecule has 3 nitrogen and oxygen atoms in total. The van der Waals surface area contributed by atoms with Crippen molar-refractivity contribution >= 4 is 0 Å². The molecule has 2 N–H and O–H groups in total. The van der Waals surface area contributed by atoms with Gasteiger partial charge in [-0.2, -0.15) is 0 Å². The average Bonchev–Trinajstić information content (AvgIpc) is 2.10. The van der Waals surface area contributed by atoms with E-state index in [9.17, 15) is 0 Å². The van der Waals surface area contributed by atoms with Gasteiger partial charge in [0.25, 0.3) is 0 Å². The largest absolute Gasteiger partial charge is 0.393 e. The summed E-state index contributed by atoms with van der Waals surface area (Å²) in [6, 6.07) is 0.457. The van der Waals surface area contributed by atoms with Gasteiger partial charge in [0.05, 0.1) is 12.7 Å². The zero-order valence-electron chi connectivity index (χ0n) is 9.05. The molecular formula is C10H23NO2. The summed E-state index contributed by atoms with van der Waals surface area (Å²) in [4.78, 5) is 0. The van der Waals surface area contributed by atoms with Gasteiger partial charge in [0.2, 0.25) is 0 Å². The number of hydrogen-bond donors (Lipinski definition) is 2. The van der Waals surface area contributed by atoms with Gasteiger partial charge in [-0.15, -0.1) is 0 Å². The minimum Gasteiger partial charge on any atom is -0.393 e. The summed E-state index contributed by atoms with van der Waals surface area (Å²) in [5, 5.41) is 12.4. The van der Waals surface area contributed by atoms with Crippen LogP contribution >= 0.6 is 0 Å². The van der Waals surface area contributed by atoms with E-state index in [-0.39, 0.29) is 6.10 Å². The van der Waals surface area contributed by atoms with Crippen molar-refractivity contribution in [2.24, 2.45) is 0 Å². The summed E-state index contributed by atoms with van der Waals surface area (Å²) in [5.74, 6) is 0. The Hall–Kier alpha value is -0.120. The van der Waals surface area contributed by atoms with Crippen LogP contribution in [-0.4, -0.2) is 37.5 Å². The molecule has 2 atom stereocenters. The lowest BCUT2D eigenvalue weighted by Crippen LogP contribution is -2.33. The van der Waals surface area contributed by atoms with E-state index >= 15 is 0 Å². The van der Waals surface area contributed by atoms with E-state index in [2.05, 4.69) is 12.2 Å². The van der Waals surface area contributed by atoms with E-state index in [0.717, 1.165) is 32.4 Å². The van der Waals surface area contributed by atoms with E-state index in [1.807, 2.05) is 6.92 Å². The number of ether oxygens (including phenoxy) is 1. The molecule has 0 rings (SSSR count). The van der Waals surface area contributed by atoms with Crippen molar-refractivity contribution in [3.8, 4) is 0 Å².